The molecule has 0 atom stereocenters. The summed E-state index contributed by atoms with van der Waals surface area (Å²) in [5, 5.41) is 12.8. The number of fused-ring (bicyclic) bond motifs is 1. The first kappa shape index (κ1) is 20.9. The van der Waals surface area contributed by atoms with Crippen LogP contribution in [0.1, 0.15) is 21.7 Å². The lowest BCUT2D eigenvalue weighted by atomic mass is 10.1. The Bertz CT molecular complexity index is 1270. The van der Waals surface area contributed by atoms with Crippen molar-refractivity contribution in [1.29, 1.82) is 0 Å². The van der Waals surface area contributed by atoms with Crippen molar-refractivity contribution in [3.63, 3.8) is 0 Å². The lowest BCUT2D eigenvalue weighted by molar-refractivity contribution is -0.115. The maximum Gasteiger partial charge on any atom is 0.232 e. The number of hydrogen-bond acceptors (Lipinski definition) is 5. The van der Waals surface area contributed by atoms with Crippen molar-refractivity contribution in [3.8, 4) is 0 Å². The van der Waals surface area contributed by atoms with Crippen LogP contribution in [-0.2, 0) is 25.3 Å². The molecule has 2 heterocycles. The first-order chi connectivity index (χ1) is 14.9. The van der Waals surface area contributed by atoms with E-state index in [4.69, 9.17) is 0 Å². The van der Waals surface area contributed by atoms with Crippen molar-refractivity contribution in [3.05, 3.63) is 71.7 Å². The van der Waals surface area contributed by atoms with Crippen molar-refractivity contribution < 1.29 is 9.59 Å². The zero-order valence-electron chi connectivity index (χ0n) is 17.6. The Hall–Kier alpha value is -3.39. The highest BCUT2D eigenvalue weighted by molar-refractivity contribution is 7.99. The van der Waals surface area contributed by atoms with Gasteiger partial charge in [-0.1, -0.05) is 48.2 Å². The number of benzene rings is 2. The fourth-order valence-corrected chi connectivity index (χ4v) is 4.26. The second kappa shape index (κ2) is 8.77. The van der Waals surface area contributed by atoms with Crippen LogP contribution in [0.4, 0.5) is 5.69 Å². The fourth-order valence-electron chi connectivity index (χ4n) is 3.45. The van der Waals surface area contributed by atoms with E-state index in [-0.39, 0.29) is 23.9 Å². The van der Waals surface area contributed by atoms with E-state index in [1.54, 1.807) is 11.6 Å². The van der Waals surface area contributed by atoms with Gasteiger partial charge >= 0.3 is 0 Å². The van der Waals surface area contributed by atoms with Crippen LogP contribution in [0.15, 0.2) is 59.9 Å². The van der Waals surface area contributed by atoms with Gasteiger partial charge in [-0.3, -0.25) is 9.59 Å². The van der Waals surface area contributed by atoms with Crippen LogP contribution >= 0.6 is 11.8 Å². The molecule has 0 bridgehead atoms. The third kappa shape index (κ3) is 4.39. The number of aryl methyl sites for hydroxylation is 2. The number of amides is 1. The fraction of sp³-hybridized carbons (Fsp3) is 0.217. The van der Waals surface area contributed by atoms with E-state index in [0.29, 0.717) is 16.5 Å². The van der Waals surface area contributed by atoms with Gasteiger partial charge in [-0.15, -0.1) is 10.2 Å². The predicted octanol–water partition coefficient (Wildman–Crippen LogP) is 3.77. The van der Waals surface area contributed by atoms with Gasteiger partial charge in [-0.05, 0) is 24.6 Å². The second-order valence-electron chi connectivity index (χ2n) is 7.38. The maximum atomic E-state index is 12.8. The smallest absolute Gasteiger partial charge is 0.232 e. The average molecular weight is 434 g/mol. The molecular weight excluding hydrogens is 410 g/mol. The summed E-state index contributed by atoms with van der Waals surface area (Å²) in [7, 11) is 3.74. The molecule has 0 radical (unpaired) electrons. The number of rotatable bonds is 7. The van der Waals surface area contributed by atoms with E-state index in [0.717, 1.165) is 22.2 Å². The molecule has 0 aliphatic carbocycles. The molecule has 0 fully saturated rings. The summed E-state index contributed by atoms with van der Waals surface area (Å²) in [4.78, 5) is 25.2. The normalized spacial score (nSPS) is 11.1. The van der Waals surface area contributed by atoms with E-state index >= 15 is 0 Å². The van der Waals surface area contributed by atoms with Crippen LogP contribution in [0.5, 0.6) is 0 Å². The minimum Gasteiger partial charge on any atom is -0.350 e. The van der Waals surface area contributed by atoms with Crippen molar-refractivity contribution in [2.24, 2.45) is 14.1 Å². The molecule has 8 heteroatoms. The lowest BCUT2D eigenvalue weighted by Crippen LogP contribution is -2.17. The Morgan fingerprint density at radius 1 is 1.03 bits per heavy atom. The summed E-state index contributed by atoms with van der Waals surface area (Å²) >= 11 is 1.32. The van der Waals surface area contributed by atoms with Gasteiger partial charge in [0.2, 0.25) is 5.91 Å². The largest absolute Gasteiger partial charge is 0.350 e. The highest BCUT2D eigenvalue weighted by Gasteiger charge is 2.17. The summed E-state index contributed by atoms with van der Waals surface area (Å²) in [6, 6.07) is 15.5. The van der Waals surface area contributed by atoms with Gasteiger partial charge in [-0.25, -0.2) is 0 Å². The van der Waals surface area contributed by atoms with Gasteiger partial charge in [0.05, 0.1) is 12.2 Å². The quantitative estimate of drug-likeness (QED) is 0.354. The standard InChI is InChI=1S/C23H23N5O2S/c1-15-8-4-6-10-18(15)24-22(30)12-21-25-26-23(28(21)3)31-14-20(29)17-13-27(2)19-11-7-5-9-16(17)19/h4-11,13H,12,14H2,1-3H3,(H,24,30). The number of carbonyl (C=O) groups is 2. The summed E-state index contributed by atoms with van der Waals surface area (Å²) in [6.07, 6.45) is 1.97. The number of para-hydroxylation sites is 2. The molecule has 2 aromatic heterocycles. The van der Waals surface area contributed by atoms with Gasteiger partial charge in [0.15, 0.2) is 10.9 Å². The molecule has 0 spiro atoms. The molecule has 0 saturated heterocycles. The number of aromatic nitrogens is 4. The van der Waals surface area contributed by atoms with Crippen LogP contribution in [0.3, 0.4) is 0 Å². The molecule has 2 aromatic carbocycles. The molecule has 0 aliphatic heterocycles. The zero-order chi connectivity index (χ0) is 22.0. The van der Waals surface area contributed by atoms with Gasteiger partial charge in [0.1, 0.15) is 5.82 Å². The van der Waals surface area contributed by atoms with Gasteiger partial charge in [-0.2, -0.15) is 0 Å². The number of hydrogen-bond donors (Lipinski definition) is 1. The lowest BCUT2D eigenvalue weighted by Gasteiger charge is -2.08. The van der Waals surface area contributed by atoms with Crippen molar-refractivity contribution in [1.82, 2.24) is 19.3 Å². The second-order valence-corrected chi connectivity index (χ2v) is 8.32. The number of nitrogens with zero attached hydrogens (tertiary/aromatic N) is 4. The summed E-state index contributed by atoms with van der Waals surface area (Å²) < 4.78 is 3.72. The number of thioether (sulfide) groups is 1. The summed E-state index contributed by atoms with van der Waals surface area (Å²) in [5.74, 6) is 0.665. The topological polar surface area (TPSA) is 81.8 Å². The number of carbonyl (C=O) groups excluding carboxylic acids is 2. The van der Waals surface area contributed by atoms with Crippen LogP contribution in [-0.4, -0.2) is 36.8 Å². The van der Waals surface area contributed by atoms with Crippen LogP contribution < -0.4 is 5.32 Å². The molecule has 31 heavy (non-hydrogen) atoms. The molecule has 1 amide bonds. The van der Waals surface area contributed by atoms with Gasteiger partial charge in [0.25, 0.3) is 0 Å². The maximum absolute atomic E-state index is 12.8. The van der Waals surface area contributed by atoms with Crippen LogP contribution in [0.25, 0.3) is 10.9 Å². The molecule has 0 aliphatic rings. The third-order valence-corrected chi connectivity index (χ3v) is 6.21. The Labute approximate surface area is 184 Å². The number of nitrogens with one attached hydrogen (secondary N) is 1. The van der Waals surface area contributed by atoms with Crippen LogP contribution in [0.2, 0.25) is 0 Å². The van der Waals surface area contributed by atoms with Crippen molar-refractivity contribution >= 4 is 40.0 Å². The minimum atomic E-state index is -0.159. The molecular formula is C23H23N5O2S. The zero-order valence-corrected chi connectivity index (χ0v) is 18.4. The van der Waals surface area contributed by atoms with E-state index in [9.17, 15) is 9.59 Å². The highest BCUT2D eigenvalue weighted by atomic mass is 32.2. The molecule has 0 saturated carbocycles. The number of anilines is 1. The molecule has 4 aromatic rings. The molecule has 158 valence electrons. The van der Waals surface area contributed by atoms with Crippen molar-refractivity contribution in [2.75, 3.05) is 11.1 Å². The van der Waals surface area contributed by atoms with Gasteiger partial charge < -0.3 is 14.5 Å². The first-order valence-corrected chi connectivity index (χ1v) is 10.9. The van der Waals surface area contributed by atoms with E-state index < -0.39 is 0 Å². The number of Topliss-reactive ketones (excluding diaryl/α,β-unsaturated/α-hetero) is 1. The molecule has 0 unspecified atom stereocenters. The molecule has 7 nitrogen and oxygen atoms in total. The Kier molecular flexibility index (Phi) is 5.90. The summed E-state index contributed by atoms with van der Waals surface area (Å²) in [6.45, 7) is 1.94. The Balaban J connectivity index is 1.41. The van der Waals surface area contributed by atoms with Gasteiger partial charge in [0, 0.05) is 42.4 Å². The monoisotopic (exact) mass is 433 g/mol. The molecule has 1 N–H and O–H groups in total. The number of ketones is 1. The minimum absolute atomic E-state index is 0.0312. The van der Waals surface area contributed by atoms with E-state index in [1.807, 2.05) is 73.3 Å². The van der Waals surface area contributed by atoms with E-state index in [1.165, 1.54) is 11.8 Å². The average Bonchev–Trinajstić information content (AvgIpc) is 3.28. The van der Waals surface area contributed by atoms with Crippen molar-refractivity contribution in [2.45, 2.75) is 18.5 Å². The third-order valence-electron chi connectivity index (χ3n) is 5.19. The van der Waals surface area contributed by atoms with E-state index in [2.05, 4.69) is 15.5 Å². The predicted molar refractivity (Wildman–Crippen MR) is 122 cm³/mol. The Morgan fingerprint density at radius 2 is 1.77 bits per heavy atom. The summed E-state index contributed by atoms with van der Waals surface area (Å²) in [5.41, 5.74) is 3.50. The SMILES string of the molecule is Cc1ccccc1NC(=O)Cc1nnc(SCC(=O)c2cn(C)c3ccccc23)n1C. The molecule has 4 rings (SSSR count). The Morgan fingerprint density at radius 3 is 2.58 bits per heavy atom. The van der Waals surface area contributed by atoms with Crippen LogP contribution in [0, 0.1) is 6.92 Å². The highest BCUT2D eigenvalue weighted by Crippen LogP contribution is 2.24. The first-order valence-electron chi connectivity index (χ1n) is 9.88.